The van der Waals surface area contributed by atoms with E-state index in [0.29, 0.717) is 5.57 Å². The zero-order valence-electron chi connectivity index (χ0n) is 11.7. The van der Waals surface area contributed by atoms with Crippen LogP contribution in [0.1, 0.15) is 33.1 Å². The summed E-state index contributed by atoms with van der Waals surface area (Å²) < 4.78 is 5.33. The molecule has 0 N–H and O–H groups in total. The maximum atomic E-state index is 11.1. The van der Waals surface area contributed by atoms with E-state index >= 15 is 0 Å². The molecule has 0 amide bonds. The molecule has 3 atom stereocenters. The fraction of sp³-hybridized carbons (Fsp3) is 0.562. The second-order valence-corrected chi connectivity index (χ2v) is 5.40. The Hall–Kier alpha value is -1.15. The Labute approximate surface area is 110 Å². The van der Waals surface area contributed by atoms with Crippen LogP contribution in [-0.4, -0.2) is 19.5 Å². The molecule has 0 aromatic heterocycles. The van der Waals surface area contributed by atoms with Gasteiger partial charge in [-0.15, -0.1) is 6.58 Å². The Balaban J connectivity index is 3.06. The van der Waals surface area contributed by atoms with E-state index < -0.39 is 0 Å². The van der Waals surface area contributed by atoms with Gasteiger partial charge in [-0.05, 0) is 37.2 Å². The number of rotatable bonds is 6. The van der Waals surface area contributed by atoms with Gasteiger partial charge in [0.25, 0.3) is 0 Å². The van der Waals surface area contributed by atoms with Crippen molar-refractivity contribution in [2.45, 2.75) is 39.2 Å². The fourth-order valence-electron chi connectivity index (χ4n) is 2.82. The Morgan fingerprint density at radius 2 is 2.39 bits per heavy atom. The SMILES string of the molecule is C=C[C@@]1(C)CCC=C(C[C@@H](C)OC)[C@H]1C(=C)C=O. The third kappa shape index (κ3) is 2.99. The van der Waals surface area contributed by atoms with Crippen molar-refractivity contribution in [3.63, 3.8) is 0 Å². The van der Waals surface area contributed by atoms with Crippen molar-refractivity contribution in [3.8, 4) is 0 Å². The molecule has 0 bridgehead atoms. The average Bonchev–Trinajstić information content (AvgIpc) is 2.38. The lowest BCUT2D eigenvalue weighted by molar-refractivity contribution is -0.105. The van der Waals surface area contributed by atoms with E-state index in [-0.39, 0.29) is 17.4 Å². The summed E-state index contributed by atoms with van der Waals surface area (Å²) in [5, 5.41) is 0. The molecule has 0 saturated carbocycles. The molecule has 0 fully saturated rings. The number of allylic oxidation sites excluding steroid dienone is 3. The summed E-state index contributed by atoms with van der Waals surface area (Å²) in [7, 11) is 1.71. The van der Waals surface area contributed by atoms with Crippen molar-refractivity contribution >= 4 is 6.29 Å². The molecule has 0 heterocycles. The highest BCUT2D eigenvalue weighted by molar-refractivity contribution is 5.74. The number of hydrogen-bond donors (Lipinski definition) is 0. The Morgan fingerprint density at radius 1 is 1.72 bits per heavy atom. The van der Waals surface area contributed by atoms with Crippen LogP contribution in [-0.2, 0) is 9.53 Å². The van der Waals surface area contributed by atoms with Gasteiger partial charge in [0.15, 0.2) is 0 Å². The topological polar surface area (TPSA) is 26.3 Å². The van der Waals surface area contributed by atoms with E-state index in [0.717, 1.165) is 25.5 Å². The standard InChI is InChI=1S/C16H24O2/c1-6-16(4)9-7-8-14(10-13(3)18-5)15(16)12(2)11-17/h6,8,11,13,15H,1-2,7,9-10H2,3-5H3/t13-,15-,16+/m1/s1. The van der Waals surface area contributed by atoms with Crippen LogP contribution in [0.25, 0.3) is 0 Å². The van der Waals surface area contributed by atoms with Crippen molar-refractivity contribution in [1.82, 2.24) is 0 Å². The van der Waals surface area contributed by atoms with Crippen LogP contribution in [0.3, 0.4) is 0 Å². The summed E-state index contributed by atoms with van der Waals surface area (Å²) in [6, 6.07) is 0. The molecule has 0 aliphatic heterocycles. The summed E-state index contributed by atoms with van der Waals surface area (Å²) in [6.45, 7) is 12.1. The lowest BCUT2D eigenvalue weighted by Gasteiger charge is -2.40. The van der Waals surface area contributed by atoms with Gasteiger partial charge in [0.1, 0.15) is 6.29 Å². The van der Waals surface area contributed by atoms with Gasteiger partial charge in [-0.3, -0.25) is 4.79 Å². The van der Waals surface area contributed by atoms with Crippen molar-refractivity contribution in [2.75, 3.05) is 7.11 Å². The van der Waals surface area contributed by atoms with Crippen molar-refractivity contribution in [1.29, 1.82) is 0 Å². The van der Waals surface area contributed by atoms with Gasteiger partial charge >= 0.3 is 0 Å². The zero-order chi connectivity index (χ0) is 13.8. The molecule has 0 aromatic carbocycles. The van der Waals surface area contributed by atoms with Crippen LogP contribution in [0.15, 0.2) is 36.5 Å². The molecule has 0 saturated heterocycles. The second kappa shape index (κ2) is 6.14. The summed E-state index contributed by atoms with van der Waals surface area (Å²) in [6.07, 6.45) is 8.12. The van der Waals surface area contributed by atoms with Crippen molar-refractivity contribution in [2.24, 2.45) is 11.3 Å². The van der Waals surface area contributed by atoms with Gasteiger partial charge in [-0.2, -0.15) is 0 Å². The first-order valence-corrected chi connectivity index (χ1v) is 6.47. The molecular weight excluding hydrogens is 224 g/mol. The van der Waals surface area contributed by atoms with E-state index in [1.54, 1.807) is 7.11 Å². The molecule has 1 rings (SSSR count). The molecule has 18 heavy (non-hydrogen) atoms. The van der Waals surface area contributed by atoms with Crippen LogP contribution in [0.4, 0.5) is 0 Å². The number of ether oxygens (including phenoxy) is 1. The molecule has 0 unspecified atom stereocenters. The highest BCUT2D eigenvalue weighted by atomic mass is 16.5. The van der Waals surface area contributed by atoms with Crippen LogP contribution in [0.2, 0.25) is 0 Å². The average molecular weight is 248 g/mol. The highest BCUT2D eigenvalue weighted by Gasteiger charge is 2.37. The van der Waals surface area contributed by atoms with Crippen LogP contribution >= 0.6 is 0 Å². The number of hydrogen-bond acceptors (Lipinski definition) is 2. The summed E-state index contributed by atoms with van der Waals surface area (Å²) in [4.78, 5) is 11.1. The van der Waals surface area contributed by atoms with Crippen molar-refractivity contribution < 1.29 is 9.53 Å². The van der Waals surface area contributed by atoms with Crippen LogP contribution in [0.5, 0.6) is 0 Å². The molecule has 0 aromatic rings. The van der Waals surface area contributed by atoms with E-state index in [4.69, 9.17) is 4.74 Å². The van der Waals surface area contributed by atoms with Gasteiger partial charge in [0.2, 0.25) is 0 Å². The first kappa shape index (κ1) is 14.9. The number of carbonyl (C=O) groups excluding carboxylic acids is 1. The van der Waals surface area contributed by atoms with Crippen LogP contribution < -0.4 is 0 Å². The summed E-state index contributed by atoms with van der Waals surface area (Å²) in [5.74, 6) is 0.0684. The number of aldehydes is 1. The molecular formula is C16H24O2. The molecule has 0 radical (unpaired) electrons. The van der Waals surface area contributed by atoms with Gasteiger partial charge in [-0.25, -0.2) is 0 Å². The molecule has 100 valence electrons. The first-order valence-electron chi connectivity index (χ1n) is 6.47. The second-order valence-electron chi connectivity index (χ2n) is 5.40. The Kier molecular flexibility index (Phi) is 5.09. The largest absolute Gasteiger partial charge is 0.381 e. The lowest BCUT2D eigenvalue weighted by atomic mass is 9.64. The number of methoxy groups -OCH3 is 1. The Morgan fingerprint density at radius 3 is 2.89 bits per heavy atom. The third-order valence-corrected chi connectivity index (χ3v) is 4.03. The van der Waals surface area contributed by atoms with Gasteiger partial charge in [0, 0.05) is 13.0 Å². The van der Waals surface area contributed by atoms with E-state index in [2.05, 4.69) is 26.2 Å². The summed E-state index contributed by atoms with van der Waals surface area (Å²) >= 11 is 0. The third-order valence-electron chi connectivity index (χ3n) is 4.03. The minimum atomic E-state index is -0.0739. The first-order chi connectivity index (χ1) is 8.48. The maximum Gasteiger partial charge on any atom is 0.146 e. The van der Waals surface area contributed by atoms with Crippen LogP contribution in [0, 0.1) is 11.3 Å². The maximum absolute atomic E-state index is 11.1. The predicted octanol–water partition coefficient (Wildman–Crippen LogP) is 3.70. The summed E-state index contributed by atoms with van der Waals surface area (Å²) in [5.41, 5.74) is 1.83. The van der Waals surface area contributed by atoms with E-state index in [1.807, 2.05) is 13.0 Å². The highest BCUT2D eigenvalue weighted by Crippen LogP contribution is 2.46. The lowest BCUT2D eigenvalue weighted by Crippen LogP contribution is -2.32. The predicted molar refractivity (Wildman–Crippen MR) is 75.4 cm³/mol. The molecule has 2 nitrogen and oxygen atoms in total. The smallest absolute Gasteiger partial charge is 0.146 e. The minimum absolute atomic E-state index is 0.0684. The van der Waals surface area contributed by atoms with Gasteiger partial charge in [0.05, 0.1) is 6.10 Å². The minimum Gasteiger partial charge on any atom is -0.381 e. The Bertz CT molecular complexity index is 367. The normalized spacial score (nSPS) is 29.3. The quantitative estimate of drug-likeness (QED) is 0.407. The monoisotopic (exact) mass is 248 g/mol. The van der Waals surface area contributed by atoms with Gasteiger partial charge < -0.3 is 4.74 Å². The zero-order valence-corrected chi connectivity index (χ0v) is 11.7. The van der Waals surface area contributed by atoms with Gasteiger partial charge in [-0.1, -0.05) is 31.2 Å². The molecule has 2 heteroatoms. The fourth-order valence-corrected chi connectivity index (χ4v) is 2.82. The van der Waals surface area contributed by atoms with E-state index in [1.165, 1.54) is 5.57 Å². The molecule has 1 aliphatic carbocycles. The molecule has 0 spiro atoms. The van der Waals surface area contributed by atoms with E-state index in [9.17, 15) is 4.79 Å². The molecule has 1 aliphatic rings. The van der Waals surface area contributed by atoms with Crippen molar-refractivity contribution in [3.05, 3.63) is 36.5 Å². The number of carbonyl (C=O) groups is 1.